The summed E-state index contributed by atoms with van der Waals surface area (Å²) in [5.41, 5.74) is 3.49. The number of imide groups is 1. The Morgan fingerprint density at radius 1 is 1.07 bits per heavy atom. The van der Waals surface area contributed by atoms with Gasteiger partial charge in [0.15, 0.2) is 0 Å². The number of nitrogens with one attached hydrogen (secondary N) is 3. The summed E-state index contributed by atoms with van der Waals surface area (Å²) in [5, 5.41) is 11.2. The van der Waals surface area contributed by atoms with Crippen molar-refractivity contribution in [3.05, 3.63) is 70.5 Å². The van der Waals surface area contributed by atoms with Crippen LogP contribution in [0.4, 0.5) is 10.5 Å². The van der Waals surface area contributed by atoms with E-state index in [-0.39, 0.29) is 0 Å². The molecule has 0 spiro atoms. The number of amides is 3. The maximum absolute atomic E-state index is 12.7. The summed E-state index contributed by atoms with van der Waals surface area (Å²) in [7, 11) is 0. The maximum atomic E-state index is 12.7. The number of carbonyl (C=O) groups excluding carboxylic acids is 2. The molecule has 0 aliphatic heterocycles. The van der Waals surface area contributed by atoms with E-state index in [2.05, 4.69) is 20.9 Å². The van der Waals surface area contributed by atoms with Crippen LogP contribution >= 0.6 is 11.3 Å². The van der Waals surface area contributed by atoms with Crippen LogP contribution in [0.15, 0.2) is 60.0 Å². The minimum Gasteiger partial charge on any atom is -0.370 e. The summed E-state index contributed by atoms with van der Waals surface area (Å²) in [6.45, 7) is 4.21. The van der Waals surface area contributed by atoms with Crippen molar-refractivity contribution in [2.45, 2.75) is 19.9 Å². The van der Waals surface area contributed by atoms with E-state index in [4.69, 9.17) is 0 Å². The Bertz CT molecular complexity index is 939. The molecule has 2 aromatic carbocycles. The lowest BCUT2D eigenvalue weighted by Crippen LogP contribution is -2.43. The Kier molecular flexibility index (Phi) is 6.39. The van der Waals surface area contributed by atoms with Crippen LogP contribution in [0.2, 0.25) is 0 Å². The minimum absolute atomic E-state index is 0.420. The van der Waals surface area contributed by atoms with Crippen molar-refractivity contribution in [2.75, 3.05) is 11.9 Å². The SMILES string of the molecule is CCNC(=O)NC(=O)C(Nc1ccc(-c2csc(C)n2)cc1)c1ccccc1. The average molecular weight is 395 g/mol. The van der Waals surface area contributed by atoms with Gasteiger partial charge in [-0.3, -0.25) is 10.1 Å². The van der Waals surface area contributed by atoms with Crippen molar-refractivity contribution in [2.24, 2.45) is 0 Å². The van der Waals surface area contributed by atoms with E-state index in [1.807, 2.05) is 66.9 Å². The van der Waals surface area contributed by atoms with Crippen molar-refractivity contribution in [3.8, 4) is 11.3 Å². The number of aryl methyl sites for hydroxylation is 1. The fourth-order valence-electron chi connectivity index (χ4n) is 2.73. The highest BCUT2D eigenvalue weighted by Crippen LogP contribution is 2.25. The second-order valence-electron chi connectivity index (χ2n) is 6.17. The van der Waals surface area contributed by atoms with Crippen LogP contribution in [0.3, 0.4) is 0 Å². The Morgan fingerprint density at radius 3 is 2.39 bits per heavy atom. The van der Waals surface area contributed by atoms with E-state index in [0.29, 0.717) is 6.54 Å². The Balaban J connectivity index is 1.79. The number of benzene rings is 2. The highest BCUT2D eigenvalue weighted by Gasteiger charge is 2.22. The summed E-state index contributed by atoms with van der Waals surface area (Å²) >= 11 is 1.61. The second kappa shape index (κ2) is 9.14. The molecule has 3 aromatic rings. The fourth-order valence-corrected chi connectivity index (χ4v) is 3.36. The van der Waals surface area contributed by atoms with Gasteiger partial charge in [-0.25, -0.2) is 9.78 Å². The zero-order chi connectivity index (χ0) is 19.9. The van der Waals surface area contributed by atoms with Crippen LogP contribution in [0.25, 0.3) is 11.3 Å². The molecule has 0 saturated heterocycles. The van der Waals surface area contributed by atoms with Gasteiger partial charge in [0.2, 0.25) is 0 Å². The molecule has 0 bridgehead atoms. The highest BCUT2D eigenvalue weighted by molar-refractivity contribution is 7.09. The molecule has 0 saturated carbocycles. The van der Waals surface area contributed by atoms with E-state index in [1.165, 1.54) is 0 Å². The number of anilines is 1. The molecule has 3 rings (SSSR count). The van der Waals surface area contributed by atoms with Gasteiger partial charge in [-0.05, 0) is 31.5 Å². The monoisotopic (exact) mass is 394 g/mol. The zero-order valence-electron chi connectivity index (χ0n) is 15.7. The van der Waals surface area contributed by atoms with Crippen molar-refractivity contribution < 1.29 is 9.59 Å². The molecule has 1 unspecified atom stereocenters. The lowest BCUT2D eigenvalue weighted by Gasteiger charge is -2.20. The molecule has 3 N–H and O–H groups in total. The van der Waals surface area contributed by atoms with Crippen LogP contribution in [-0.2, 0) is 4.79 Å². The largest absolute Gasteiger partial charge is 0.370 e. The average Bonchev–Trinajstić information content (AvgIpc) is 3.13. The summed E-state index contributed by atoms with van der Waals surface area (Å²) in [4.78, 5) is 28.9. The maximum Gasteiger partial charge on any atom is 0.321 e. The van der Waals surface area contributed by atoms with Gasteiger partial charge in [0.25, 0.3) is 5.91 Å². The lowest BCUT2D eigenvalue weighted by atomic mass is 10.1. The summed E-state index contributed by atoms with van der Waals surface area (Å²) in [6, 6.07) is 15.8. The van der Waals surface area contributed by atoms with Crippen molar-refractivity contribution in [1.82, 2.24) is 15.6 Å². The first-order chi connectivity index (χ1) is 13.6. The Labute approximate surface area is 168 Å². The predicted octanol–water partition coefficient (Wildman–Crippen LogP) is 4.12. The molecule has 1 atom stereocenters. The molecule has 0 fully saturated rings. The first-order valence-electron chi connectivity index (χ1n) is 8.99. The van der Waals surface area contributed by atoms with Gasteiger partial charge in [-0.1, -0.05) is 42.5 Å². The molecule has 144 valence electrons. The number of nitrogens with zero attached hydrogens (tertiary/aromatic N) is 1. The van der Waals surface area contributed by atoms with Crippen molar-refractivity contribution in [3.63, 3.8) is 0 Å². The predicted molar refractivity (Wildman–Crippen MR) is 112 cm³/mol. The number of thiazole rings is 1. The summed E-state index contributed by atoms with van der Waals surface area (Å²) < 4.78 is 0. The number of urea groups is 1. The smallest absolute Gasteiger partial charge is 0.321 e. The Hall–Kier alpha value is -3.19. The number of hydrogen-bond donors (Lipinski definition) is 3. The van der Waals surface area contributed by atoms with E-state index in [1.54, 1.807) is 18.3 Å². The molecule has 6 nitrogen and oxygen atoms in total. The molecule has 0 aliphatic rings. The minimum atomic E-state index is -0.698. The third kappa shape index (κ3) is 4.95. The molecule has 1 aromatic heterocycles. The van der Waals surface area contributed by atoms with Crippen LogP contribution in [0.1, 0.15) is 23.5 Å². The Morgan fingerprint density at radius 2 is 1.79 bits per heavy atom. The van der Waals surface area contributed by atoms with Crippen LogP contribution < -0.4 is 16.0 Å². The van der Waals surface area contributed by atoms with Gasteiger partial charge in [-0.2, -0.15) is 0 Å². The van der Waals surface area contributed by atoms with Crippen LogP contribution in [-0.4, -0.2) is 23.5 Å². The van der Waals surface area contributed by atoms with Gasteiger partial charge in [0.1, 0.15) is 6.04 Å². The van der Waals surface area contributed by atoms with E-state index < -0.39 is 18.0 Å². The normalized spacial score (nSPS) is 11.5. The first-order valence-corrected chi connectivity index (χ1v) is 9.87. The van der Waals surface area contributed by atoms with Gasteiger partial charge in [-0.15, -0.1) is 11.3 Å². The highest BCUT2D eigenvalue weighted by atomic mass is 32.1. The molecule has 0 radical (unpaired) electrons. The summed E-state index contributed by atoms with van der Waals surface area (Å²) in [6.07, 6.45) is 0. The van der Waals surface area contributed by atoms with Gasteiger partial charge >= 0.3 is 6.03 Å². The number of hydrogen-bond acceptors (Lipinski definition) is 5. The molecule has 3 amide bonds. The zero-order valence-corrected chi connectivity index (χ0v) is 16.5. The van der Waals surface area contributed by atoms with Crippen LogP contribution in [0, 0.1) is 6.92 Å². The van der Waals surface area contributed by atoms with Crippen molar-refractivity contribution in [1.29, 1.82) is 0 Å². The molecular formula is C21H22N4O2S. The molecular weight excluding hydrogens is 372 g/mol. The second-order valence-corrected chi connectivity index (χ2v) is 7.23. The van der Waals surface area contributed by atoms with E-state index in [0.717, 1.165) is 27.5 Å². The van der Waals surface area contributed by atoms with E-state index >= 15 is 0 Å². The first kappa shape index (κ1) is 19.6. The van der Waals surface area contributed by atoms with Crippen molar-refractivity contribution >= 4 is 29.0 Å². The number of rotatable bonds is 6. The fraction of sp³-hybridized carbons (Fsp3) is 0.190. The molecule has 0 aliphatic carbocycles. The standard InChI is InChI=1S/C21H22N4O2S/c1-3-22-21(27)25-20(26)19(16-7-5-4-6-8-16)24-17-11-9-15(10-12-17)18-13-28-14(2)23-18/h4-13,19,24H,3H2,1-2H3,(H2,22,25,26,27). The topological polar surface area (TPSA) is 83.1 Å². The van der Waals surface area contributed by atoms with Gasteiger partial charge < -0.3 is 10.6 Å². The third-order valence-electron chi connectivity index (χ3n) is 4.08. The number of aromatic nitrogens is 1. The van der Waals surface area contributed by atoms with E-state index in [9.17, 15) is 9.59 Å². The molecule has 28 heavy (non-hydrogen) atoms. The quantitative estimate of drug-likeness (QED) is 0.587. The molecule has 7 heteroatoms. The van der Waals surface area contributed by atoms with Gasteiger partial charge in [0, 0.05) is 23.2 Å². The lowest BCUT2D eigenvalue weighted by molar-refractivity contribution is -0.120. The van der Waals surface area contributed by atoms with Gasteiger partial charge in [0.05, 0.1) is 10.7 Å². The number of carbonyl (C=O) groups is 2. The van der Waals surface area contributed by atoms with Crippen LogP contribution in [0.5, 0.6) is 0 Å². The third-order valence-corrected chi connectivity index (χ3v) is 4.85. The summed E-state index contributed by atoms with van der Waals surface area (Å²) in [5.74, 6) is -0.420. The molecule has 1 heterocycles.